The Morgan fingerprint density at radius 2 is 2.13 bits per heavy atom. The molecule has 6 heterocycles. The van der Waals surface area contributed by atoms with E-state index in [0.29, 0.717) is 11.9 Å². The van der Waals surface area contributed by atoms with Gasteiger partial charge in [0.05, 0.1) is 40.5 Å². The van der Waals surface area contributed by atoms with E-state index in [1.165, 1.54) is 4.68 Å². The molecule has 10 nitrogen and oxygen atoms in total. The van der Waals surface area contributed by atoms with Gasteiger partial charge in [-0.05, 0) is 12.1 Å². The molecule has 0 radical (unpaired) electrons. The first kappa shape index (κ1) is 17.0. The van der Waals surface area contributed by atoms with Crippen molar-refractivity contribution in [1.82, 2.24) is 44.7 Å². The van der Waals surface area contributed by atoms with Gasteiger partial charge in [0.25, 0.3) is 5.56 Å². The lowest BCUT2D eigenvalue weighted by atomic mass is 10.2. The minimum atomic E-state index is -0.170. The van der Waals surface area contributed by atoms with Gasteiger partial charge in [-0.3, -0.25) is 20.0 Å². The maximum atomic E-state index is 13.2. The fourth-order valence-corrected chi connectivity index (χ4v) is 4.88. The lowest BCUT2D eigenvalue weighted by Crippen LogP contribution is -2.25. The van der Waals surface area contributed by atoms with Crippen molar-refractivity contribution >= 4 is 43.5 Å². The van der Waals surface area contributed by atoms with Crippen LogP contribution >= 0.6 is 11.3 Å². The molecule has 148 valence electrons. The van der Waals surface area contributed by atoms with E-state index in [1.54, 1.807) is 36.1 Å². The summed E-state index contributed by atoms with van der Waals surface area (Å²) in [7, 11) is 1.86. The van der Waals surface area contributed by atoms with E-state index >= 15 is 0 Å². The summed E-state index contributed by atoms with van der Waals surface area (Å²) in [4.78, 5) is 22.4. The molecule has 0 aliphatic heterocycles. The summed E-state index contributed by atoms with van der Waals surface area (Å²) in [6, 6.07) is 3.78. The molecule has 11 heteroatoms. The number of nitrogens with zero attached hydrogens (tertiary/aromatic N) is 7. The van der Waals surface area contributed by atoms with Crippen molar-refractivity contribution in [3.05, 3.63) is 63.7 Å². The minimum absolute atomic E-state index is 0.170. The predicted octanol–water partition coefficient (Wildman–Crippen LogP) is 1.98. The maximum Gasteiger partial charge on any atom is 0.291 e. The molecule has 0 spiro atoms. The number of rotatable bonds is 4. The van der Waals surface area contributed by atoms with Crippen LogP contribution in [0.25, 0.3) is 32.2 Å². The van der Waals surface area contributed by atoms with Gasteiger partial charge in [0.1, 0.15) is 10.5 Å². The first-order chi connectivity index (χ1) is 14.7. The van der Waals surface area contributed by atoms with Gasteiger partial charge in [0.2, 0.25) is 0 Å². The predicted molar refractivity (Wildman–Crippen MR) is 113 cm³/mol. The van der Waals surface area contributed by atoms with E-state index in [0.717, 1.165) is 43.0 Å². The van der Waals surface area contributed by atoms with Gasteiger partial charge in [0.15, 0.2) is 5.65 Å². The Bertz CT molecular complexity index is 1590. The van der Waals surface area contributed by atoms with Crippen LogP contribution in [-0.2, 0) is 20.0 Å². The molecule has 6 rings (SSSR count). The molecule has 0 bridgehead atoms. The molecule has 6 aromatic rings. The molecule has 0 aliphatic carbocycles. The van der Waals surface area contributed by atoms with Gasteiger partial charge in [-0.1, -0.05) is 0 Å². The SMILES string of the molecule is Cn1c2nc(Cc3cc[nH]n3)sc2c2cnn(Cc3nccc4[nH]ncc34)c(=O)c21. The Labute approximate surface area is 172 Å². The van der Waals surface area contributed by atoms with Crippen LogP contribution in [0.4, 0.5) is 0 Å². The van der Waals surface area contributed by atoms with Gasteiger partial charge in [-0.15, -0.1) is 11.3 Å². The van der Waals surface area contributed by atoms with E-state index < -0.39 is 0 Å². The van der Waals surface area contributed by atoms with Crippen LogP contribution in [0.1, 0.15) is 16.4 Å². The third kappa shape index (κ3) is 2.48. The molecule has 0 aliphatic rings. The van der Waals surface area contributed by atoms with Gasteiger partial charge >= 0.3 is 0 Å². The van der Waals surface area contributed by atoms with Gasteiger partial charge < -0.3 is 4.57 Å². The summed E-state index contributed by atoms with van der Waals surface area (Å²) >= 11 is 1.57. The van der Waals surface area contributed by atoms with Gasteiger partial charge in [-0.2, -0.15) is 15.3 Å². The van der Waals surface area contributed by atoms with Crippen LogP contribution in [0.5, 0.6) is 0 Å². The van der Waals surface area contributed by atoms with Crippen molar-refractivity contribution in [1.29, 1.82) is 0 Å². The molecule has 0 saturated heterocycles. The Morgan fingerprint density at radius 1 is 1.20 bits per heavy atom. The molecule has 0 aromatic carbocycles. The summed E-state index contributed by atoms with van der Waals surface area (Å²) in [5, 5.41) is 21.0. The monoisotopic (exact) mass is 417 g/mol. The second kappa shape index (κ2) is 6.32. The second-order valence-electron chi connectivity index (χ2n) is 7.02. The number of aromatic amines is 2. The molecular formula is C19H15N9OS. The van der Waals surface area contributed by atoms with Gasteiger partial charge in [0, 0.05) is 36.6 Å². The third-order valence-electron chi connectivity index (χ3n) is 5.21. The van der Waals surface area contributed by atoms with Crippen molar-refractivity contribution < 1.29 is 0 Å². The quantitative estimate of drug-likeness (QED) is 0.452. The maximum absolute atomic E-state index is 13.2. The number of nitrogens with one attached hydrogen (secondary N) is 2. The number of aryl methyl sites for hydroxylation is 1. The highest BCUT2D eigenvalue weighted by Crippen LogP contribution is 2.31. The van der Waals surface area contributed by atoms with Crippen LogP contribution in [-0.4, -0.2) is 44.7 Å². The van der Waals surface area contributed by atoms with E-state index in [-0.39, 0.29) is 12.1 Å². The van der Waals surface area contributed by atoms with Crippen molar-refractivity contribution in [3.8, 4) is 0 Å². The molecule has 30 heavy (non-hydrogen) atoms. The zero-order chi connectivity index (χ0) is 20.2. The lowest BCUT2D eigenvalue weighted by Gasteiger charge is -2.06. The molecule has 0 amide bonds. The number of hydrogen-bond acceptors (Lipinski definition) is 7. The zero-order valence-corrected chi connectivity index (χ0v) is 16.6. The fourth-order valence-electron chi connectivity index (χ4n) is 3.76. The standard InChI is InChI=1S/C19H15N9OS/c1-27-16-12(17-18(27)24-15(30-17)6-10-2-5-21-25-10)8-23-28(19(16)29)9-14-11-7-22-26-13(11)3-4-20-14/h2-5,7-8H,6,9H2,1H3,(H,21,25)(H,22,26). The Morgan fingerprint density at radius 3 is 3.00 bits per heavy atom. The molecule has 0 fully saturated rings. The molecule has 6 aromatic heterocycles. The first-order valence-electron chi connectivity index (χ1n) is 9.28. The van der Waals surface area contributed by atoms with E-state index in [9.17, 15) is 4.79 Å². The average Bonchev–Trinajstić information content (AvgIpc) is 3.52. The van der Waals surface area contributed by atoms with Crippen molar-refractivity contribution in [3.63, 3.8) is 0 Å². The van der Waals surface area contributed by atoms with E-state index in [4.69, 9.17) is 4.98 Å². The van der Waals surface area contributed by atoms with Crippen LogP contribution in [0.2, 0.25) is 0 Å². The highest BCUT2D eigenvalue weighted by atomic mass is 32.1. The number of fused-ring (bicyclic) bond motifs is 4. The molecule has 2 N–H and O–H groups in total. The van der Waals surface area contributed by atoms with Crippen LogP contribution in [0, 0.1) is 0 Å². The summed E-state index contributed by atoms with van der Waals surface area (Å²) in [6.45, 7) is 0.266. The normalized spacial score (nSPS) is 11.9. The topological polar surface area (TPSA) is 123 Å². The second-order valence-corrected chi connectivity index (χ2v) is 8.10. The van der Waals surface area contributed by atoms with Crippen molar-refractivity contribution in [2.45, 2.75) is 13.0 Å². The summed E-state index contributed by atoms with van der Waals surface area (Å²) in [5.74, 6) is 0. The van der Waals surface area contributed by atoms with Crippen LogP contribution < -0.4 is 5.56 Å². The Hall–Kier alpha value is -3.86. The van der Waals surface area contributed by atoms with Gasteiger partial charge in [-0.25, -0.2) is 9.67 Å². The van der Waals surface area contributed by atoms with Crippen LogP contribution in [0.3, 0.4) is 0 Å². The highest BCUT2D eigenvalue weighted by Gasteiger charge is 2.19. The van der Waals surface area contributed by atoms with E-state index in [1.807, 2.05) is 23.7 Å². The average molecular weight is 417 g/mol. The largest absolute Gasteiger partial charge is 0.323 e. The number of H-pyrrole nitrogens is 2. The molecule has 0 atom stereocenters. The number of aromatic nitrogens is 9. The Balaban J connectivity index is 1.45. The zero-order valence-electron chi connectivity index (χ0n) is 15.8. The molecular weight excluding hydrogens is 402 g/mol. The third-order valence-corrected chi connectivity index (χ3v) is 6.29. The minimum Gasteiger partial charge on any atom is -0.323 e. The Kier molecular flexibility index (Phi) is 3.59. The lowest BCUT2D eigenvalue weighted by molar-refractivity contribution is 0.636. The number of pyridine rings is 1. The summed E-state index contributed by atoms with van der Waals surface area (Å²) in [6.07, 6.45) is 7.59. The van der Waals surface area contributed by atoms with Crippen LogP contribution in [0.15, 0.2) is 41.7 Å². The van der Waals surface area contributed by atoms with Crippen molar-refractivity contribution in [2.75, 3.05) is 0 Å². The number of thiazole rings is 1. The number of hydrogen-bond donors (Lipinski definition) is 2. The van der Waals surface area contributed by atoms with E-state index in [2.05, 4.69) is 30.5 Å². The first-order valence-corrected chi connectivity index (χ1v) is 10.1. The fraction of sp³-hybridized carbons (Fsp3) is 0.158. The smallest absolute Gasteiger partial charge is 0.291 e. The highest BCUT2D eigenvalue weighted by molar-refractivity contribution is 7.19. The summed E-state index contributed by atoms with van der Waals surface area (Å²) < 4.78 is 4.25. The summed E-state index contributed by atoms with van der Waals surface area (Å²) in [5.41, 5.74) is 3.75. The van der Waals surface area contributed by atoms with Crippen molar-refractivity contribution in [2.24, 2.45) is 7.05 Å². The molecule has 0 unspecified atom stereocenters. The molecule has 0 saturated carbocycles.